The van der Waals surface area contributed by atoms with Crippen LogP contribution in [-0.2, 0) is 9.47 Å². The Labute approximate surface area is 99.1 Å². The van der Waals surface area contributed by atoms with E-state index in [0.717, 1.165) is 39.3 Å². The molecule has 0 aromatic rings. The van der Waals surface area contributed by atoms with Crippen LogP contribution in [-0.4, -0.2) is 56.0 Å². The monoisotopic (exact) mass is 230 g/mol. The Morgan fingerprint density at radius 2 is 2.00 bits per heavy atom. The van der Waals surface area contributed by atoms with E-state index in [4.69, 9.17) is 15.2 Å². The van der Waals surface area contributed by atoms with Crippen LogP contribution < -0.4 is 5.73 Å². The summed E-state index contributed by atoms with van der Waals surface area (Å²) in [6.07, 6.45) is 1.04. The van der Waals surface area contributed by atoms with E-state index in [9.17, 15) is 0 Å². The molecule has 0 aromatic heterocycles. The lowest BCUT2D eigenvalue weighted by molar-refractivity contribution is -0.0390. The lowest BCUT2D eigenvalue weighted by atomic mass is 9.87. The zero-order valence-electron chi connectivity index (χ0n) is 10.9. The van der Waals surface area contributed by atoms with Gasteiger partial charge in [-0.3, -0.25) is 4.90 Å². The number of hydrogen-bond acceptors (Lipinski definition) is 4. The van der Waals surface area contributed by atoms with Crippen molar-refractivity contribution in [3.05, 3.63) is 0 Å². The van der Waals surface area contributed by atoms with Crippen LogP contribution in [0.15, 0.2) is 0 Å². The fourth-order valence-corrected chi connectivity index (χ4v) is 2.22. The third-order valence-corrected chi connectivity index (χ3v) is 3.75. The third-order valence-electron chi connectivity index (χ3n) is 3.75. The molecular formula is C12H26N2O2. The Balaban J connectivity index is 2.58. The highest BCUT2D eigenvalue weighted by Gasteiger charge is 2.36. The smallest absolute Gasteiger partial charge is 0.0635 e. The minimum Gasteiger partial charge on any atom is -0.380 e. The zero-order valence-corrected chi connectivity index (χ0v) is 10.9. The van der Waals surface area contributed by atoms with Gasteiger partial charge in [-0.05, 0) is 20.3 Å². The third kappa shape index (κ3) is 3.17. The van der Waals surface area contributed by atoms with E-state index in [1.54, 1.807) is 0 Å². The predicted octanol–water partition coefficient (Wildman–Crippen LogP) is 0.851. The summed E-state index contributed by atoms with van der Waals surface area (Å²) in [6.45, 7) is 11.4. The molecule has 4 heteroatoms. The fourth-order valence-electron chi connectivity index (χ4n) is 2.22. The second kappa shape index (κ2) is 6.55. The van der Waals surface area contributed by atoms with Crippen LogP contribution in [0.4, 0.5) is 0 Å². The van der Waals surface area contributed by atoms with Crippen LogP contribution >= 0.6 is 0 Å². The highest BCUT2D eigenvalue weighted by Crippen LogP contribution is 2.24. The molecule has 1 aliphatic heterocycles. The van der Waals surface area contributed by atoms with Gasteiger partial charge in [0.25, 0.3) is 0 Å². The average Bonchev–Trinajstić information content (AvgIpc) is 2.35. The molecule has 16 heavy (non-hydrogen) atoms. The molecule has 96 valence electrons. The van der Waals surface area contributed by atoms with Gasteiger partial charge >= 0.3 is 0 Å². The fraction of sp³-hybridized carbons (Fsp3) is 1.00. The van der Waals surface area contributed by atoms with Crippen molar-refractivity contribution in [3.63, 3.8) is 0 Å². The first-order valence-electron chi connectivity index (χ1n) is 6.31. The Hall–Kier alpha value is -0.160. The number of nitrogens with two attached hydrogens (primary N) is 1. The van der Waals surface area contributed by atoms with Gasteiger partial charge in [0.05, 0.1) is 19.8 Å². The van der Waals surface area contributed by atoms with Gasteiger partial charge in [-0.25, -0.2) is 0 Å². The molecular weight excluding hydrogens is 204 g/mol. The van der Waals surface area contributed by atoms with Crippen molar-refractivity contribution in [3.8, 4) is 0 Å². The summed E-state index contributed by atoms with van der Waals surface area (Å²) < 4.78 is 10.8. The summed E-state index contributed by atoms with van der Waals surface area (Å²) in [6, 6.07) is 0.0653. The second-order valence-electron chi connectivity index (χ2n) is 4.58. The number of hydrogen-bond donors (Lipinski definition) is 1. The molecule has 0 bridgehead atoms. The van der Waals surface area contributed by atoms with E-state index in [1.165, 1.54) is 0 Å². The van der Waals surface area contributed by atoms with E-state index in [0.29, 0.717) is 6.61 Å². The van der Waals surface area contributed by atoms with Crippen molar-refractivity contribution >= 4 is 0 Å². The van der Waals surface area contributed by atoms with E-state index < -0.39 is 0 Å². The second-order valence-corrected chi connectivity index (χ2v) is 4.58. The topological polar surface area (TPSA) is 47.7 Å². The largest absolute Gasteiger partial charge is 0.380 e. The zero-order chi connectivity index (χ0) is 12.0. The maximum Gasteiger partial charge on any atom is 0.0635 e. The van der Waals surface area contributed by atoms with Crippen LogP contribution in [0.5, 0.6) is 0 Å². The molecule has 1 rings (SSSR count). The molecule has 0 aliphatic carbocycles. The highest BCUT2D eigenvalue weighted by atomic mass is 16.5. The van der Waals surface area contributed by atoms with E-state index in [1.807, 2.05) is 6.92 Å². The van der Waals surface area contributed by atoms with Gasteiger partial charge in [0.15, 0.2) is 0 Å². The average molecular weight is 230 g/mol. The van der Waals surface area contributed by atoms with Crippen molar-refractivity contribution < 1.29 is 9.47 Å². The predicted molar refractivity (Wildman–Crippen MR) is 65.6 cm³/mol. The molecule has 1 aliphatic rings. The van der Waals surface area contributed by atoms with Gasteiger partial charge in [-0.1, -0.05) is 6.92 Å². The van der Waals surface area contributed by atoms with E-state index in [2.05, 4.69) is 18.7 Å². The van der Waals surface area contributed by atoms with Gasteiger partial charge in [-0.2, -0.15) is 0 Å². The summed E-state index contributed by atoms with van der Waals surface area (Å²) in [7, 11) is 0. The first-order chi connectivity index (χ1) is 7.65. The quantitative estimate of drug-likeness (QED) is 0.735. The summed E-state index contributed by atoms with van der Waals surface area (Å²) >= 11 is 0. The summed E-state index contributed by atoms with van der Waals surface area (Å²) in [5.74, 6) is 0. The van der Waals surface area contributed by atoms with Gasteiger partial charge in [0, 0.05) is 31.3 Å². The number of morpholine rings is 1. The van der Waals surface area contributed by atoms with Crippen molar-refractivity contribution in [1.82, 2.24) is 4.90 Å². The van der Waals surface area contributed by atoms with Crippen LogP contribution in [0.1, 0.15) is 27.2 Å². The molecule has 0 radical (unpaired) electrons. The molecule has 0 saturated carbocycles. The molecule has 1 heterocycles. The Kier molecular flexibility index (Phi) is 5.69. The number of rotatable bonds is 6. The number of ether oxygens (including phenoxy) is 2. The van der Waals surface area contributed by atoms with Gasteiger partial charge < -0.3 is 15.2 Å². The summed E-state index contributed by atoms with van der Waals surface area (Å²) in [5, 5.41) is 0. The van der Waals surface area contributed by atoms with Gasteiger partial charge in [0.1, 0.15) is 0 Å². The first-order valence-corrected chi connectivity index (χ1v) is 6.31. The maximum atomic E-state index is 6.27. The first kappa shape index (κ1) is 13.9. The Bertz CT molecular complexity index is 195. The van der Waals surface area contributed by atoms with Crippen LogP contribution in [0.3, 0.4) is 0 Å². The minimum absolute atomic E-state index is 0.0267. The highest BCUT2D eigenvalue weighted by molar-refractivity contribution is 4.95. The molecule has 0 spiro atoms. The molecule has 0 aromatic carbocycles. The summed E-state index contributed by atoms with van der Waals surface area (Å²) in [4.78, 5) is 2.44. The normalized spacial score (nSPS) is 24.0. The van der Waals surface area contributed by atoms with Crippen LogP contribution in [0, 0.1) is 0 Å². The van der Waals surface area contributed by atoms with Crippen molar-refractivity contribution in [1.29, 1.82) is 0 Å². The van der Waals surface area contributed by atoms with Gasteiger partial charge in [-0.15, -0.1) is 0 Å². The van der Waals surface area contributed by atoms with E-state index >= 15 is 0 Å². The van der Waals surface area contributed by atoms with Crippen LogP contribution in [0.25, 0.3) is 0 Å². The molecule has 2 N–H and O–H groups in total. The lowest BCUT2D eigenvalue weighted by Gasteiger charge is -2.46. The molecule has 1 fully saturated rings. The molecule has 1 saturated heterocycles. The van der Waals surface area contributed by atoms with Crippen molar-refractivity contribution in [2.75, 3.05) is 39.5 Å². The van der Waals surface area contributed by atoms with Crippen LogP contribution in [0.2, 0.25) is 0 Å². The molecule has 0 amide bonds. The van der Waals surface area contributed by atoms with Crippen molar-refractivity contribution in [2.45, 2.75) is 38.8 Å². The Morgan fingerprint density at radius 1 is 1.38 bits per heavy atom. The SMILES string of the molecule is CCOCC(N)C(C)(CC)N1CCOCC1. The standard InChI is InChI=1S/C12H26N2O2/c1-4-12(3,11(13)10-15-5-2)14-6-8-16-9-7-14/h11H,4-10,13H2,1-3H3. The Morgan fingerprint density at radius 3 is 2.50 bits per heavy atom. The minimum atomic E-state index is 0.0267. The van der Waals surface area contributed by atoms with E-state index in [-0.39, 0.29) is 11.6 Å². The van der Waals surface area contributed by atoms with Gasteiger partial charge in [0.2, 0.25) is 0 Å². The maximum absolute atomic E-state index is 6.27. The number of nitrogens with zero attached hydrogens (tertiary/aromatic N) is 1. The molecule has 4 nitrogen and oxygen atoms in total. The molecule has 2 unspecified atom stereocenters. The molecule has 2 atom stereocenters. The lowest BCUT2D eigenvalue weighted by Crippen LogP contribution is -2.62. The summed E-state index contributed by atoms with van der Waals surface area (Å²) in [5.41, 5.74) is 6.30. The van der Waals surface area contributed by atoms with Crippen molar-refractivity contribution in [2.24, 2.45) is 5.73 Å².